The molecule has 0 aliphatic rings. The van der Waals surface area contributed by atoms with Gasteiger partial charge in [-0.3, -0.25) is 4.79 Å². The Kier molecular flexibility index (Phi) is 15.6. The minimum absolute atomic E-state index is 0.0378. The highest BCUT2D eigenvalue weighted by molar-refractivity contribution is 7.94. The minimum atomic E-state index is -0.835. The minimum Gasteiger partial charge on any atom is -0.481 e. The lowest BCUT2D eigenvalue weighted by atomic mass is 10.1. The van der Waals surface area contributed by atoms with Crippen LogP contribution in [0.3, 0.4) is 0 Å². The highest BCUT2D eigenvalue weighted by Crippen LogP contribution is 2.20. The SMILES string of the molecule is C/C(N)=N/O.COOSc1ccc(CC(=O)O)cc1.COOSc1ccc(Cc2nc(C)no2)cc1. The zero-order valence-electron chi connectivity index (χ0n) is 20.1. The Morgan fingerprint density at radius 1 is 1.00 bits per heavy atom. The molecule has 12 nitrogen and oxygen atoms in total. The van der Waals surface area contributed by atoms with Crippen molar-refractivity contribution in [2.75, 3.05) is 14.2 Å². The van der Waals surface area contributed by atoms with Gasteiger partial charge in [0.15, 0.2) is 5.82 Å². The van der Waals surface area contributed by atoms with Crippen molar-refractivity contribution in [3.05, 3.63) is 71.4 Å². The van der Waals surface area contributed by atoms with Gasteiger partial charge >= 0.3 is 5.97 Å². The van der Waals surface area contributed by atoms with Gasteiger partial charge in [-0.05, 0) is 49.2 Å². The number of aryl methyl sites for hydroxylation is 1. The van der Waals surface area contributed by atoms with E-state index < -0.39 is 5.97 Å². The molecule has 0 saturated heterocycles. The van der Waals surface area contributed by atoms with Gasteiger partial charge in [-0.25, -0.2) is 9.78 Å². The number of hydrogen-bond acceptors (Lipinski definition) is 12. The topological polar surface area (TPSA) is 172 Å². The van der Waals surface area contributed by atoms with Crippen molar-refractivity contribution in [1.29, 1.82) is 0 Å². The van der Waals surface area contributed by atoms with Crippen LogP contribution in [0.2, 0.25) is 0 Å². The number of nitrogens with two attached hydrogens (primary N) is 1. The van der Waals surface area contributed by atoms with E-state index in [1.807, 2.05) is 24.3 Å². The maximum atomic E-state index is 10.4. The van der Waals surface area contributed by atoms with Crippen LogP contribution in [-0.2, 0) is 36.1 Å². The Morgan fingerprint density at radius 2 is 1.47 bits per heavy atom. The van der Waals surface area contributed by atoms with Gasteiger partial charge in [-0.15, -0.1) is 0 Å². The second-order valence-corrected chi connectivity index (χ2v) is 8.20. The molecule has 1 aromatic heterocycles. The Labute approximate surface area is 217 Å². The van der Waals surface area contributed by atoms with Crippen LogP contribution in [0.15, 0.2) is 68.0 Å². The smallest absolute Gasteiger partial charge is 0.307 e. The summed E-state index contributed by atoms with van der Waals surface area (Å²) in [5.74, 6) is 0.625. The Hall–Kier alpha value is -3.14. The normalized spacial score (nSPS) is 10.6. The van der Waals surface area contributed by atoms with Crippen LogP contribution in [0.25, 0.3) is 0 Å². The van der Waals surface area contributed by atoms with Gasteiger partial charge in [0.05, 0.1) is 51.1 Å². The standard InChI is InChI=1S/C11H12N2O3S.C9H10O4S.C2H6N2O/c1-8-12-11(15-13-8)7-9-3-5-10(6-4-9)17-16-14-2;1-12-13-14-8-4-2-7(3-5-8)6-9(10)11;1-2(3)4-5/h3-6H,7H2,1-2H3;2-5H,6H2,1H3,(H,10,11);5H,1H3,(H2,3,4). The van der Waals surface area contributed by atoms with Crippen molar-refractivity contribution in [1.82, 2.24) is 10.1 Å². The van der Waals surface area contributed by atoms with E-state index in [2.05, 4.69) is 29.4 Å². The van der Waals surface area contributed by atoms with Crippen LogP contribution < -0.4 is 5.73 Å². The van der Waals surface area contributed by atoms with Crippen LogP contribution in [0.4, 0.5) is 0 Å². The predicted octanol–water partition coefficient (Wildman–Crippen LogP) is 4.21. The molecule has 0 fully saturated rings. The highest BCUT2D eigenvalue weighted by Gasteiger charge is 2.04. The van der Waals surface area contributed by atoms with Gasteiger partial charge in [0, 0.05) is 9.79 Å². The lowest BCUT2D eigenvalue weighted by molar-refractivity contribution is -0.160. The molecule has 3 aromatic rings. The Balaban J connectivity index is 0.000000308. The number of hydrogen-bond donors (Lipinski definition) is 3. The molecule has 0 saturated carbocycles. The van der Waals surface area contributed by atoms with Crippen LogP contribution in [0.5, 0.6) is 0 Å². The van der Waals surface area contributed by atoms with Gasteiger partial charge in [0.1, 0.15) is 5.84 Å². The number of aromatic nitrogens is 2. The van der Waals surface area contributed by atoms with Crippen molar-refractivity contribution in [3.63, 3.8) is 0 Å². The Morgan fingerprint density at radius 3 is 1.83 bits per heavy atom. The summed E-state index contributed by atoms with van der Waals surface area (Å²) in [7, 11) is 2.89. The number of carboxylic acid groups (broad SMARTS) is 1. The van der Waals surface area contributed by atoms with Crippen LogP contribution in [0.1, 0.15) is 29.8 Å². The summed E-state index contributed by atoms with van der Waals surface area (Å²) >= 11 is 2.24. The van der Waals surface area contributed by atoms with Crippen molar-refractivity contribution in [2.45, 2.75) is 36.5 Å². The maximum Gasteiger partial charge on any atom is 0.307 e. The van der Waals surface area contributed by atoms with E-state index in [0.29, 0.717) is 18.1 Å². The lowest BCUT2D eigenvalue weighted by Gasteiger charge is -2.00. The largest absolute Gasteiger partial charge is 0.481 e. The van der Waals surface area contributed by atoms with Gasteiger partial charge in [-0.2, -0.15) is 13.7 Å². The number of nitrogens with zero attached hydrogens (tertiary/aromatic N) is 3. The molecule has 0 aliphatic heterocycles. The molecular weight excluding hydrogens is 512 g/mol. The summed E-state index contributed by atoms with van der Waals surface area (Å²) in [5.41, 5.74) is 6.66. The van der Waals surface area contributed by atoms with Crippen molar-refractivity contribution < 1.29 is 38.1 Å². The summed E-state index contributed by atoms with van der Waals surface area (Å²) in [6.07, 6.45) is 0.674. The van der Waals surface area contributed by atoms with Crippen LogP contribution >= 0.6 is 24.1 Å². The first kappa shape index (κ1) is 30.9. The molecule has 0 atom stereocenters. The third-order valence-electron chi connectivity index (χ3n) is 3.68. The molecular formula is C22H28N4O8S2. The van der Waals surface area contributed by atoms with Crippen molar-refractivity contribution in [2.24, 2.45) is 10.9 Å². The predicted molar refractivity (Wildman–Crippen MR) is 133 cm³/mol. The molecule has 196 valence electrons. The van der Waals surface area contributed by atoms with Gasteiger partial charge in [0.2, 0.25) is 5.89 Å². The van der Waals surface area contributed by atoms with E-state index in [-0.39, 0.29) is 12.3 Å². The monoisotopic (exact) mass is 540 g/mol. The molecule has 0 amide bonds. The molecule has 0 spiro atoms. The van der Waals surface area contributed by atoms with E-state index in [1.165, 1.54) is 33.2 Å². The van der Waals surface area contributed by atoms with E-state index >= 15 is 0 Å². The fraction of sp³-hybridized carbons (Fsp3) is 0.273. The van der Waals surface area contributed by atoms with Crippen LogP contribution in [-0.4, -0.2) is 46.5 Å². The van der Waals surface area contributed by atoms with Gasteiger partial charge < -0.3 is 20.6 Å². The first-order valence-electron chi connectivity index (χ1n) is 10.1. The van der Waals surface area contributed by atoms with E-state index in [1.54, 1.807) is 31.2 Å². The molecule has 0 unspecified atom stereocenters. The summed E-state index contributed by atoms with van der Waals surface area (Å²) in [6.45, 7) is 3.30. The van der Waals surface area contributed by atoms with Gasteiger partial charge in [-0.1, -0.05) is 34.6 Å². The first-order valence-corrected chi connectivity index (χ1v) is 11.6. The second kappa shape index (κ2) is 18.2. The molecule has 1 heterocycles. The number of carbonyl (C=O) groups is 1. The summed E-state index contributed by atoms with van der Waals surface area (Å²) in [6, 6.07) is 14.9. The molecule has 36 heavy (non-hydrogen) atoms. The molecule has 0 aliphatic carbocycles. The van der Waals surface area contributed by atoms with Crippen molar-refractivity contribution >= 4 is 35.9 Å². The number of aliphatic carboxylic acids is 1. The van der Waals surface area contributed by atoms with Gasteiger partial charge in [0.25, 0.3) is 0 Å². The second-order valence-electron chi connectivity index (χ2n) is 6.65. The quantitative estimate of drug-likeness (QED) is 0.0834. The summed E-state index contributed by atoms with van der Waals surface area (Å²) in [5, 5.41) is 22.5. The molecule has 2 aromatic carbocycles. The third kappa shape index (κ3) is 14.3. The summed E-state index contributed by atoms with van der Waals surface area (Å²) in [4.78, 5) is 25.3. The third-order valence-corrected chi connectivity index (χ3v) is 5.02. The van der Waals surface area contributed by atoms with Crippen molar-refractivity contribution in [3.8, 4) is 0 Å². The van der Waals surface area contributed by atoms with E-state index in [4.69, 9.17) is 24.9 Å². The first-order chi connectivity index (χ1) is 17.3. The van der Waals surface area contributed by atoms with E-state index in [0.717, 1.165) is 33.0 Å². The fourth-order valence-electron chi connectivity index (χ4n) is 2.23. The maximum absolute atomic E-state index is 10.4. The summed E-state index contributed by atoms with van der Waals surface area (Å²) < 4.78 is 14.5. The van der Waals surface area contributed by atoms with E-state index in [9.17, 15) is 4.79 Å². The number of benzene rings is 2. The number of carboxylic acids is 1. The molecule has 4 N–H and O–H groups in total. The zero-order chi connectivity index (χ0) is 26.8. The fourth-order valence-corrected chi connectivity index (χ4v) is 3.02. The Bertz CT molecular complexity index is 1040. The number of amidine groups is 1. The number of rotatable bonds is 10. The molecule has 0 bridgehead atoms. The molecule has 0 radical (unpaired) electrons. The lowest BCUT2D eigenvalue weighted by Crippen LogP contribution is -2.03. The van der Waals surface area contributed by atoms with Crippen LogP contribution in [0, 0.1) is 6.92 Å². The average molecular weight is 541 g/mol. The molecule has 3 rings (SSSR count). The average Bonchev–Trinajstić information content (AvgIpc) is 3.28. The number of oxime groups is 1. The highest BCUT2D eigenvalue weighted by atomic mass is 32.2. The molecule has 14 heteroatoms. The zero-order valence-corrected chi connectivity index (χ0v) is 21.7.